The van der Waals surface area contributed by atoms with Crippen molar-refractivity contribution in [2.45, 2.75) is 19.3 Å². The third kappa shape index (κ3) is 7.39. The molecule has 0 unspecified atom stereocenters. The first-order chi connectivity index (χ1) is 11.5. The van der Waals surface area contributed by atoms with Crippen molar-refractivity contribution in [1.82, 2.24) is 5.32 Å². The van der Waals surface area contributed by atoms with Crippen LogP contribution in [0.25, 0.3) is 0 Å². The Hall–Kier alpha value is -2.34. The molecule has 0 atom stereocenters. The van der Waals surface area contributed by atoms with Crippen molar-refractivity contribution in [3.8, 4) is 5.75 Å². The van der Waals surface area contributed by atoms with Crippen molar-refractivity contribution < 1.29 is 18.3 Å². The molecule has 0 radical (unpaired) electrons. The zero-order valence-electron chi connectivity index (χ0n) is 13.6. The summed E-state index contributed by atoms with van der Waals surface area (Å²) in [6, 6.07) is 10.6. The Labute approximate surface area is 151 Å². The minimum atomic E-state index is -0.747. The molecule has 0 saturated carbocycles. The molecule has 2 aromatic carbocycles. The van der Waals surface area contributed by atoms with Gasteiger partial charge in [0, 0.05) is 24.7 Å². The molecule has 0 heterocycles. The van der Waals surface area contributed by atoms with E-state index < -0.39 is 11.6 Å². The molecule has 3 N–H and O–H groups in total. The minimum absolute atomic E-state index is 0. The Morgan fingerprint density at radius 3 is 2.52 bits per heavy atom. The van der Waals surface area contributed by atoms with E-state index in [4.69, 9.17) is 10.5 Å². The zero-order valence-corrected chi connectivity index (χ0v) is 14.5. The smallest absolute Gasteiger partial charge is 0.220 e. The van der Waals surface area contributed by atoms with Crippen molar-refractivity contribution in [2.75, 3.05) is 18.9 Å². The van der Waals surface area contributed by atoms with Crippen LogP contribution in [0.1, 0.15) is 18.4 Å². The van der Waals surface area contributed by atoms with Crippen LogP contribution in [0.15, 0.2) is 42.5 Å². The van der Waals surface area contributed by atoms with Gasteiger partial charge in [0.1, 0.15) is 5.82 Å². The van der Waals surface area contributed by atoms with Crippen LogP contribution in [0.4, 0.5) is 14.5 Å². The van der Waals surface area contributed by atoms with E-state index in [-0.39, 0.29) is 37.1 Å². The number of nitrogens with one attached hydrogen (secondary N) is 1. The molecule has 2 aromatic rings. The lowest BCUT2D eigenvalue weighted by Gasteiger charge is -2.08. The topological polar surface area (TPSA) is 64.3 Å². The predicted molar refractivity (Wildman–Crippen MR) is 95.9 cm³/mol. The summed E-state index contributed by atoms with van der Waals surface area (Å²) in [6.45, 7) is 0.726. The number of halogens is 3. The molecule has 4 nitrogen and oxygen atoms in total. The second-order valence-electron chi connectivity index (χ2n) is 5.37. The number of rotatable bonds is 8. The molecule has 0 saturated heterocycles. The van der Waals surface area contributed by atoms with Gasteiger partial charge in [0.05, 0.1) is 6.61 Å². The van der Waals surface area contributed by atoms with Crippen LogP contribution in [-0.2, 0) is 11.2 Å². The number of carbonyl (C=O) groups is 1. The van der Waals surface area contributed by atoms with Gasteiger partial charge < -0.3 is 15.8 Å². The monoisotopic (exact) mass is 370 g/mol. The molecule has 7 heteroatoms. The molecule has 0 aliphatic carbocycles. The van der Waals surface area contributed by atoms with E-state index in [2.05, 4.69) is 5.32 Å². The zero-order chi connectivity index (χ0) is 17.4. The molecule has 0 aromatic heterocycles. The van der Waals surface area contributed by atoms with E-state index in [0.29, 0.717) is 18.7 Å². The van der Waals surface area contributed by atoms with Gasteiger partial charge in [-0.15, -0.1) is 12.4 Å². The van der Waals surface area contributed by atoms with Gasteiger partial charge in [-0.3, -0.25) is 4.79 Å². The standard InChI is InChI=1S/C18H20F2N2O2.ClH/c19-14-5-8-17(16(20)12-14)24-11-1-2-18(23)22-10-9-13-3-6-15(21)7-4-13;/h3-8,12H,1-2,9-11,21H2,(H,22,23);1H. The molecule has 0 aliphatic rings. The SMILES string of the molecule is Cl.Nc1ccc(CCNC(=O)CCCOc2ccc(F)cc2F)cc1. The number of nitrogens with two attached hydrogens (primary N) is 1. The van der Waals surface area contributed by atoms with Crippen molar-refractivity contribution in [2.24, 2.45) is 0 Å². The third-order valence-electron chi connectivity index (χ3n) is 3.42. The number of anilines is 1. The van der Waals surface area contributed by atoms with Crippen LogP contribution >= 0.6 is 12.4 Å². The van der Waals surface area contributed by atoms with Gasteiger partial charge in [-0.05, 0) is 42.7 Å². The maximum Gasteiger partial charge on any atom is 0.220 e. The second kappa shape index (κ2) is 10.5. The Kier molecular flexibility index (Phi) is 8.70. The van der Waals surface area contributed by atoms with Crippen molar-refractivity contribution in [1.29, 1.82) is 0 Å². The van der Waals surface area contributed by atoms with Crippen LogP contribution in [0.3, 0.4) is 0 Å². The lowest BCUT2D eigenvalue weighted by molar-refractivity contribution is -0.121. The van der Waals surface area contributed by atoms with Crippen molar-refractivity contribution in [3.63, 3.8) is 0 Å². The molecule has 2 rings (SSSR count). The quantitative estimate of drug-likeness (QED) is 0.552. The summed E-state index contributed by atoms with van der Waals surface area (Å²) in [6.07, 6.45) is 1.46. The lowest BCUT2D eigenvalue weighted by Crippen LogP contribution is -2.25. The van der Waals surface area contributed by atoms with Gasteiger partial charge in [0.15, 0.2) is 11.6 Å². The number of nitrogen functional groups attached to an aromatic ring is 1. The van der Waals surface area contributed by atoms with Gasteiger partial charge in [-0.2, -0.15) is 0 Å². The number of hydrogen-bond acceptors (Lipinski definition) is 3. The molecular weight excluding hydrogens is 350 g/mol. The van der Waals surface area contributed by atoms with Crippen LogP contribution in [0, 0.1) is 11.6 Å². The van der Waals surface area contributed by atoms with Crippen molar-refractivity contribution >= 4 is 24.0 Å². The summed E-state index contributed by atoms with van der Waals surface area (Å²) in [7, 11) is 0. The third-order valence-corrected chi connectivity index (χ3v) is 3.42. The Morgan fingerprint density at radius 2 is 1.84 bits per heavy atom. The highest BCUT2D eigenvalue weighted by atomic mass is 35.5. The largest absolute Gasteiger partial charge is 0.491 e. The fourth-order valence-electron chi connectivity index (χ4n) is 2.13. The average molecular weight is 371 g/mol. The van der Waals surface area contributed by atoms with Crippen LogP contribution in [-0.4, -0.2) is 19.1 Å². The first-order valence-corrected chi connectivity index (χ1v) is 7.73. The van der Waals surface area contributed by atoms with E-state index >= 15 is 0 Å². The predicted octanol–water partition coefficient (Wildman–Crippen LogP) is 3.49. The van der Waals surface area contributed by atoms with E-state index in [1.165, 1.54) is 6.07 Å². The van der Waals surface area contributed by atoms with Gasteiger partial charge in [0.25, 0.3) is 0 Å². The van der Waals surface area contributed by atoms with Gasteiger partial charge in [-0.1, -0.05) is 12.1 Å². The van der Waals surface area contributed by atoms with Gasteiger partial charge in [-0.25, -0.2) is 8.78 Å². The first kappa shape index (κ1) is 20.7. The number of carbonyl (C=O) groups excluding carboxylic acids is 1. The number of benzene rings is 2. The van der Waals surface area contributed by atoms with Gasteiger partial charge >= 0.3 is 0 Å². The number of amides is 1. The van der Waals surface area contributed by atoms with Crippen LogP contribution < -0.4 is 15.8 Å². The summed E-state index contributed by atoms with van der Waals surface area (Å²) < 4.78 is 31.3. The Morgan fingerprint density at radius 1 is 1.12 bits per heavy atom. The summed E-state index contributed by atoms with van der Waals surface area (Å²) in [5.74, 6) is -1.50. The van der Waals surface area contributed by atoms with E-state index in [1.807, 2.05) is 24.3 Å². The molecule has 0 fully saturated rings. The highest BCUT2D eigenvalue weighted by Gasteiger charge is 2.06. The maximum absolute atomic E-state index is 13.3. The highest BCUT2D eigenvalue weighted by Crippen LogP contribution is 2.17. The summed E-state index contributed by atoms with van der Waals surface area (Å²) in [4.78, 5) is 11.7. The maximum atomic E-state index is 13.3. The van der Waals surface area contributed by atoms with Crippen LogP contribution in [0.5, 0.6) is 5.75 Å². The molecule has 0 aliphatic heterocycles. The van der Waals surface area contributed by atoms with E-state index in [1.54, 1.807) is 0 Å². The number of hydrogen-bond donors (Lipinski definition) is 2. The summed E-state index contributed by atoms with van der Waals surface area (Å²) in [5, 5.41) is 2.81. The normalized spacial score (nSPS) is 10.0. The minimum Gasteiger partial charge on any atom is -0.491 e. The second-order valence-corrected chi connectivity index (χ2v) is 5.37. The number of ether oxygens (including phenoxy) is 1. The lowest BCUT2D eigenvalue weighted by atomic mass is 10.1. The molecular formula is C18H21ClF2N2O2. The van der Waals surface area contributed by atoms with Gasteiger partial charge in [0.2, 0.25) is 5.91 Å². The fourth-order valence-corrected chi connectivity index (χ4v) is 2.13. The van der Waals surface area contributed by atoms with E-state index in [9.17, 15) is 13.6 Å². The average Bonchev–Trinajstić information content (AvgIpc) is 2.55. The Bertz CT molecular complexity index is 681. The fraction of sp³-hybridized carbons (Fsp3) is 0.278. The highest BCUT2D eigenvalue weighted by molar-refractivity contribution is 5.85. The van der Waals surface area contributed by atoms with Crippen LogP contribution in [0.2, 0.25) is 0 Å². The summed E-state index contributed by atoms with van der Waals surface area (Å²) in [5.41, 5.74) is 7.41. The molecule has 0 bridgehead atoms. The van der Waals surface area contributed by atoms with Crippen molar-refractivity contribution in [3.05, 3.63) is 59.7 Å². The molecule has 0 spiro atoms. The summed E-state index contributed by atoms with van der Waals surface area (Å²) >= 11 is 0. The molecule has 136 valence electrons. The first-order valence-electron chi connectivity index (χ1n) is 7.73. The molecule has 1 amide bonds. The molecule has 25 heavy (non-hydrogen) atoms. The Balaban J connectivity index is 0.00000312. The van der Waals surface area contributed by atoms with E-state index in [0.717, 1.165) is 24.1 Å².